The van der Waals surface area contributed by atoms with Crippen LogP contribution in [0.5, 0.6) is 0 Å². The van der Waals surface area contributed by atoms with Crippen molar-refractivity contribution in [2.24, 2.45) is 4.99 Å². The molecular weight excluding hydrogens is 471 g/mol. The van der Waals surface area contributed by atoms with Crippen molar-refractivity contribution in [3.63, 3.8) is 0 Å². The molecule has 1 aromatic rings. The first-order valence-electron chi connectivity index (χ1n) is 9.78. The van der Waals surface area contributed by atoms with E-state index in [1.165, 1.54) is 5.56 Å². The van der Waals surface area contributed by atoms with Gasteiger partial charge in [-0.25, -0.2) is 9.79 Å². The number of piperazine rings is 1. The molecule has 0 spiro atoms. The Labute approximate surface area is 185 Å². The molecule has 1 aliphatic heterocycles. The van der Waals surface area contributed by atoms with Gasteiger partial charge in [-0.15, -0.1) is 24.0 Å². The largest absolute Gasteiger partial charge is 0.450 e. The van der Waals surface area contributed by atoms with Crippen LogP contribution < -0.4 is 5.32 Å². The number of nitrogens with zero attached hydrogens (tertiary/aromatic N) is 3. The molecule has 0 saturated carbocycles. The van der Waals surface area contributed by atoms with Crippen molar-refractivity contribution in [3.05, 3.63) is 35.4 Å². The van der Waals surface area contributed by atoms with Gasteiger partial charge in [0.2, 0.25) is 0 Å². The van der Waals surface area contributed by atoms with E-state index in [2.05, 4.69) is 41.4 Å². The van der Waals surface area contributed by atoms with Crippen molar-refractivity contribution in [2.45, 2.75) is 33.9 Å². The number of nitrogens with one attached hydrogen (secondary N) is 1. The van der Waals surface area contributed by atoms with Crippen LogP contribution in [0.1, 0.15) is 31.9 Å². The van der Waals surface area contributed by atoms with Crippen LogP contribution in [0.2, 0.25) is 0 Å². The van der Waals surface area contributed by atoms with Crippen LogP contribution in [0.25, 0.3) is 0 Å². The van der Waals surface area contributed by atoms with Gasteiger partial charge in [-0.3, -0.25) is 0 Å². The summed E-state index contributed by atoms with van der Waals surface area (Å²) < 4.78 is 10.5. The van der Waals surface area contributed by atoms with Crippen LogP contribution in [0.15, 0.2) is 29.3 Å². The van der Waals surface area contributed by atoms with Gasteiger partial charge in [0.25, 0.3) is 0 Å². The van der Waals surface area contributed by atoms with Gasteiger partial charge in [-0.2, -0.15) is 0 Å². The molecule has 0 aliphatic carbocycles. The highest BCUT2D eigenvalue weighted by atomic mass is 127. The molecule has 0 bridgehead atoms. The van der Waals surface area contributed by atoms with Crippen LogP contribution in [-0.4, -0.2) is 67.8 Å². The Bertz CT molecular complexity index is 602. The molecule has 1 heterocycles. The molecule has 1 N–H and O–H groups in total. The van der Waals surface area contributed by atoms with Crippen molar-refractivity contribution < 1.29 is 14.3 Å². The quantitative estimate of drug-likeness (QED) is 0.351. The van der Waals surface area contributed by atoms with Crippen LogP contribution in [0.3, 0.4) is 0 Å². The Morgan fingerprint density at radius 3 is 2.18 bits per heavy atom. The molecule has 0 aromatic heterocycles. The topological polar surface area (TPSA) is 66.4 Å². The molecule has 0 unspecified atom stereocenters. The molecule has 2 rings (SSSR count). The van der Waals surface area contributed by atoms with Crippen molar-refractivity contribution in [2.75, 3.05) is 45.9 Å². The number of hydrogen-bond acceptors (Lipinski definition) is 4. The zero-order chi connectivity index (χ0) is 19.5. The van der Waals surface area contributed by atoms with Gasteiger partial charge >= 0.3 is 6.09 Å². The second kappa shape index (κ2) is 13.6. The molecule has 1 aromatic carbocycles. The lowest BCUT2D eigenvalue weighted by atomic mass is 10.1. The fourth-order valence-corrected chi connectivity index (χ4v) is 2.87. The van der Waals surface area contributed by atoms with E-state index in [0.717, 1.165) is 37.8 Å². The normalized spacial score (nSPS) is 14.5. The maximum atomic E-state index is 11.8. The van der Waals surface area contributed by atoms with E-state index in [4.69, 9.17) is 14.5 Å². The van der Waals surface area contributed by atoms with Gasteiger partial charge in [-0.05, 0) is 31.9 Å². The predicted molar refractivity (Wildman–Crippen MR) is 122 cm³/mol. The van der Waals surface area contributed by atoms with E-state index in [9.17, 15) is 4.79 Å². The zero-order valence-electron chi connectivity index (χ0n) is 17.1. The standard InChI is InChI=1S/C20H32N4O3.HI/c1-4-21-19(23-11-13-24(14-12-23)20(25)27-6-3)22-15-17-7-9-18(10-8-17)16-26-5-2;/h7-10H,4-6,11-16H2,1-3H3,(H,21,22);1H. The van der Waals surface area contributed by atoms with E-state index in [1.54, 1.807) is 4.90 Å². The third kappa shape index (κ3) is 7.83. The Balaban J connectivity index is 0.00000392. The molecule has 28 heavy (non-hydrogen) atoms. The molecule has 1 fully saturated rings. The summed E-state index contributed by atoms with van der Waals surface area (Å²) in [7, 11) is 0. The Morgan fingerprint density at radius 1 is 1.00 bits per heavy atom. The van der Waals surface area contributed by atoms with E-state index in [-0.39, 0.29) is 30.1 Å². The number of aliphatic imine (C=N–C) groups is 1. The molecule has 1 saturated heterocycles. The van der Waals surface area contributed by atoms with Crippen LogP contribution in [0, 0.1) is 0 Å². The predicted octanol–water partition coefficient (Wildman–Crippen LogP) is 3.08. The summed E-state index contributed by atoms with van der Waals surface area (Å²) >= 11 is 0. The summed E-state index contributed by atoms with van der Waals surface area (Å²) in [6, 6.07) is 8.37. The van der Waals surface area contributed by atoms with Crippen molar-refractivity contribution in [1.82, 2.24) is 15.1 Å². The molecule has 158 valence electrons. The average molecular weight is 504 g/mol. The number of carbonyl (C=O) groups excluding carboxylic acids is 1. The molecule has 0 atom stereocenters. The first-order valence-corrected chi connectivity index (χ1v) is 9.78. The highest BCUT2D eigenvalue weighted by molar-refractivity contribution is 14.0. The van der Waals surface area contributed by atoms with Gasteiger partial charge in [0.1, 0.15) is 0 Å². The van der Waals surface area contributed by atoms with Crippen molar-refractivity contribution >= 4 is 36.0 Å². The summed E-state index contributed by atoms with van der Waals surface area (Å²) in [5.41, 5.74) is 2.34. The first kappa shape index (κ1) is 24.5. The molecule has 0 radical (unpaired) electrons. The molecule has 7 nitrogen and oxygen atoms in total. The highest BCUT2D eigenvalue weighted by Gasteiger charge is 2.23. The Hall–Kier alpha value is -1.55. The lowest BCUT2D eigenvalue weighted by Crippen LogP contribution is -2.53. The third-order valence-electron chi connectivity index (χ3n) is 4.35. The highest BCUT2D eigenvalue weighted by Crippen LogP contribution is 2.09. The Morgan fingerprint density at radius 2 is 1.61 bits per heavy atom. The maximum absolute atomic E-state index is 11.8. The second-order valence-corrected chi connectivity index (χ2v) is 6.30. The number of rotatable bonds is 7. The van der Waals surface area contributed by atoms with Crippen LogP contribution in [0.4, 0.5) is 4.79 Å². The maximum Gasteiger partial charge on any atom is 0.409 e. The monoisotopic (exact) mass is 504 g/mol. The summed E-state index contributed by atoms with van der Waals surface area (Å²) in [6.07, 6.45) is -0.230. The number of amides is 1. The summed E-state index contributed by atoms with van der Waals surface area (Å²) in [5, 5.41) is 3.35. The van der Waals surface area contributed by atoms with Gasteiger partial charge in [0.15, 0.2) is 5.96 Å². The second-order valence-electron chi connectivity index (χ2n) is 6.30. The van der Waals surface area contributed by atoms with Crippen molar-refractivity contribution in [3.8, 4) is 0 Å². The van der Waals surface area contributed by atoms with E-state index >= 15 is 0 Å². The Kier molecular flexibility index (Phi) is 11.9. The molecule has 1 amide bonds. The van der Waals surface area contributed by atoms with Crippen LogP contribution >= 0.6 is 24.0 Å². The van der Waals surface area contributed by atoms with Crippen LogP contribution in [-0.2, 0) is 22.6 Å². The number of halogens is 1. The zero-order valence-corrected chi connectivity index (χ0v) is 19.5. The molecular formula is C20H33IN4O3. The SMILES string of the molecule is CCNC(=NCc1ccc(COCC)cc1)N1CCN(C(=O)OCC)CC1.I. The first-order chi connectivity index (χ1) is 13.2. The average Bonchev–Trinajstić information content (AvgIpc) is 2.70. The molecule has 8 heteroatoms. The minimum absolute atomic E-state index is 0. The van der Waals surface area contributed by atoms with Gasteiger partial charge in [0.05, 0.1) is 19.8 Å². The number of benzene rings is 1. The summed E-state index contributed by atoms with van der Waals surface area (Å²) in [5.74, 6) is 0.888. The number of ether oxygens (including phenoxy) is 2. The fourth-order valence-electron chi connectivity index (χ4n) is 2.87. The summed E-state index contributed by atoms with van der Waals surface area (Å²) in [4.78, 5) is 20.6. The smallest absolute Gasteiger partial charge is 0.409 e. The van der Waals surface area contributed by atoms with E-state index in [0.29, 0.717) is 32.8 Å². The number of hydrogen-bond donors (Lipinski definition) is 1. The number of carbonyl (C=O) groups is 1. The van der Waals surface area contributed by atoms with E-state index < -0.39 is 0 Å². The lowest BCUT2D eigenvalue weighted by molar-refractivity contribution is 0.0914. The van der Waals surface area contributed by atoms with Crippen molar-refractivity contribution in [1.29, 1.82) is 0 Å². The number of guanidine groups is 1. The lowest BCUT2D eigenvalue weighted by Gasteiger charge is -2.35. The fraction of sp³-hybridized carbons (Fsp3) is 0.600. The minimum atomic E-state index is -0.230. The minimum Gasteiger partial charge on any atom is -0.450 e. The third-order valence-corrected chi connectivity index (χ3v) is 4.35. The van der Waals surface area contributed by atoms with Gasteiger partial charge in [0, 0.05) is 39.3 Å². The van der Waals surface area contributed by atoms with Gasteiger partial charge < -0.3 is 24.6 Å². The molecule has 1 aliphatic rings. The van der Waals surface area contributed by atoms with E-state index in [1.807, 2.05) is 13.8 Å². The van der Waals surface area contributed by atoms with Gasteiger partial charge in [-0.1, -0.05) is 24.3 Å². The summed E-state index contributed by atoms with van der Waals surface area (Å²) in [6.45, 7) is 11.9.